The SMILES string of the molecule is Cc1cccc(-c2cc(=O)n(C)c3cnc([C@](O)(c4ccc(Cl)cc4)c4cncn4C)cc23)c1. The van der Waals surface area contributed by atoms with Crippen molar-refractivity contribution >= 4 is 22.5 Å². The molecule has 0 saturated carbocycles. The zero-order chi connectivity index (χ0) is 24.0. The first-order valence-corrected chi connectivity index (χ1v) is 11.2. The number of hydrogen-bond donors (Lipinski definition) is 1. The highest BCUT2D eigenvalue weighted by atomic mass is 35.5. The molecule has 0 bridgehead atoms. The molecule has 0 radical (unpaired) electrons. The van der Waals surface area contributed by atoms with E-state index in [-0.39, 0.29) is 5.56 Å². The number of fused-ring (bicyclic) bond motifs is 1. The minimum absolute atomic E-state index is 0.127. The highest BCUT2D eigenvalue weighted by Crippen LogP contribution is 2.38. The maximum atomic E-state index is 12.7. The van der Waals surface area contributed by atoms with Crippen molar-refractivity contribution in [2.75, 3.05) is 0 Å². The molecule has 1 atom stereocenters. The molecule has 0 unspecified atom stereocenters. The van der Waals surface area contributed by atoms with E-state index in [2.05, 4.69) is 9.97 Å². The van der Waals surface area contributed by atoms with Crippen LogP contribution in [0.2, 0.25) is 5.02 Å². The second-order valence-corrected chi connectivity index (χ2v) is 8.95. The number of aromatic nitrogens is 4. The van der Waals surface area contributed by atoms with E-state index in [1.165, 1.54) is 0 Å². The largest absolute Gasteiger partial charge is 0.373 e. The van der Waals surface area contributed by atoms with Gasteiger partial charge in [-0.2, -0.15) is 0 Å². The third-order valence-corrected chi connectivity index (χ3v) is 6.53. The topological polar surface area (TPSA) is 72.9 Å². The highest BCUT2D eigenvalue weighted by Gasteiger charge is 2.38. The van der Waals surface area contributed by atoms with Gasteiger partial charge in [0, 0.05) is 30.6 Å². The molecule has 0 amide bonds. The Labute approximate surface area is 201 Å². The fourth-order valence-corrected chi connectivity index (χ4v) is 4.55. The second kappa shape index (κ2) is 8.24. The number of rotatable bonds is 4. The lowest BCUT2D eigenvalue weighted by Crippen LogP contribution is -2.32. The molecule has 0 saturated heterocycles. The zero-order valence-corrected chi connectivity index (χ0v) is 19.8. The quantitative estimate of drug-likeness (QED) is 0.417. The molecule has 0 fully saturated rings. The molecule has 34 heavy (non-hydrogen) atoms. The van der Waals surface area contributed by atoms with E-state index in [0.29, 0.717) is 27.5 Å². The van der Waals surface area contributed by atoms with Gasteiger partial charge >= 0.3 is 0 Å². The lowest BCUT2D eigenvalue weighted by atomic mass is 9.86. The monoisotopic (exact) mass is 470 g/mol. The van der Waals surface area contributed by atoms with Crippen LogP contribution in [-0.2, 0) is 19.7 Å². The van der Waals surface area contributed by atoms with Crippen molar-refractivity contribution in [3.05, 3.63) is 117 Å². The molecule has 0 aliphatic rings. The Balaban J connectivity index is 1.84. The molecule has 170 valence electrons. The summed E-state index contributed by atoms with van der Waals surface area (Å²) in [6.45, 7) is 2.02. The van der Waals surface area contributed by atoms with Gasteiger partial charge in [-0.3, -0.25) is 9.78 Å². The molecule has 7 heteroatoms. The van der Waals surface area contributed by atoms with Gasteiger partial charge in [0.05, 0.1) is 35.6 Å². The fourth-order valence-electron chi connectivity index (χ4n) is 4.42. The van der Waals surface area contributed by atoms with Crippen LogP contribution >= 0.6 is 11.6 Å². The van der Waals surface area contributed by atoms with Crippen molar-refractivity contribution in [3.63, 3.8) is 0 Å². The van der Waals surface area contributed by atoms with Gasteiger partial charge in [0.1, 0.15) is 0 Å². The maximum absolute atomic E-state index is 12.7. The van der Waals surface area contributed by atoms with Crippen molar-refractivity contribution in [2.24, 2.45) is 14.1 Å². The molecule has 3 aromatic heterocycles. The lowest BCUT2D eigenvalue weighted by molar-refractivity contribution is 0.113. The number of imidazole rings is 1. The van der Waals surface area contributed by atoms with Crippen LogP contribution in [0.15, 0.2) is 84.2 Å². The number of hydrogen-bond acceptors (Lipinski definition) is 4. The Morgan fingerprint density at radius 2 is 1.76 bits per heavy atom. The Kier molecular flexibility index (Phi) is 5.35. The van der Waals surface area contributed by atoms with Gasteiger partial charge < -0.3 is 14.2 Å². The first-order valence-electron chi connectivity index (χ1n) is 10.8. The number of nitrogens with zero attached hydrogens (tertiary/aromatic N) is 4. The molecule has 5 rings (SSSR count). The van der Waals surface area contributed by atoms with E-state index < -0.39 is 5.60 Å². The molecular formula is C27H23ClN4O2. The van der Waals surface area contributed by atoms with Gasteiger partial charge in [0.15, 0.2) is 5.60 Å². The Hall–Kier alpha value is -3.74. The average molecular weight is 471 g/mol. The Morgan fingerprint density at radius 3 is 2.44 bits per heavy atom. The van der Waals surface area contributed by atoms with E-state index in [9.17, 15) is 9.90 Å². The summed E-state index contributed by atoms with van der Waals surface area (Å²) in [5, 5.41) is 13.6. The van der Waals surface area contributed by atoms with Gasteiger partial charge in [-0.15, -0.1) is 0 Å². The van der Waals surface area contributed by atoms with Crippen LogP contribution in [0.4, 0.5) is 0 Å². The second-order valence-electron chi connectivity index (χ2n) is 8.52. The number of halogens is 1. The molecule has 0 spiro atoms. The van der Waals surface area contributed by atoms with Crippen LogP contribution in [0.5, 0.6) is 0 Å². The van der Waals surface area contributed by atoms with Crippen LogP contribution in [0.25, 0.3) is 22.0 Å². The predicted octanol–water partition coefficient (Wildman–Crippen LogP) is 4.58. The Bertz CT molecular complexity index is 1590. The van der Waals surface area contributed by atoms with Crippen LogP contribution in [-0.4, -0.2) is 24.2 Å². The molecule has 3 heterocycles. The zero-order valence-electron chi connectivity index (χ0n) is 19.0. The molecule has 2 aromatic carbocycles. The van der Waals surface area contributed by atoms with Crippen molar-refractivity contribution < 1.29 is 5.11 Å². The van der Waals surface area contributed by atoms with Gasteiger partial charge in [-0.1, -0.05) is 53.6 Å². The molecular weight excluding hydrogens is 448 g/mol. The van der Waals surface area contributed by atoms with Crippen molar-refractivity contribution in [1.82, 2.24) is 19.1 Å². The average Bonchev–Trinajstić information content (AvgIpc) is 3.27. The van der Waals surface area contributed by atoms with E-state index in [0.717, 1.165) is 22.1 Å². The smallest absolute Gasteiger partial charge is 0.251 e. The Morgan fingerprint density at radius 1 is 1.00 bits per heavy atom. The summed E-state index contributed by atoms with van der Waals surface area (Å²) < 4.78 is 3.33. The van der Waals surface area contributed by atoms with Gasteiger partial charge in [-0.25, -0.2) is 4.98 Å². The van der Waals surface area contributed by atoms with E-state index in [1.54, 1.807) is 65.2 Å². The number of benzene rings is 2. The molecule has 1 N–H and O–H groups in total. The van der Waals surface area contributed by atoms with Gasteiger partial charge in [-0.05, 0) is 41.8 Å². The van der Waals surface area contributed by atoms with Crippen molar-refractivity contribution in [1.29, 1.82) is 0 Å². The van der Waals surface area contributed by atoms with E-state index >= 15 is 0 Å². The van der Waals surface area contributed by atoms with Crippen LogP contribution in [0.1, 0.15) is 22.5 Å². The van der Waals surface area contributed by atoms with Crippen LogP contribution < -0.4 is 5.56 Å². The summed E-state index contributed by atoms with van der Waals surface area (Å²) in [6, 6.07) is 18.5. The number of aryl methyl sites for hydroxylation is 3. The summed E-state index contributed by atoms with van der Waals surface area (Å²) in [5.74, 6) is 0. The van der Waals surface area contributed by atoms with E-state index in [4.69, 9.17) is 11.6 Å². The predicted molar refractivity (Wildman–Crippen MR) is 134 cm³/mol. The minimum atomic E-state index is -1.59. The van der Waals surface area contributed by atoms with Crippen LogP contribution in [0.3, 0.4) is 0 Å². The number of aliphatic hydroxyl groups is 1. The van der Waals surface area contributed by atoms with Gasteiger partial charge in [0.25, 0.3) is 5.56 Å². The molecule has 0 aliphatic carbocycles. The fraction of sp³-hybridized carbons (Fsp3) is 0.148. The third kappa shape index (κ3) is 3.52. The highest BCUT2D eigenvalue weighted by molar-refractivity contribution is 6.30. The molecule has 0 aliphatic heterocycles. The molecule has 6 nitrogen and oxygen atoms in total. The van der Waals surface area contributed by atoms with Crippen LogP contribution in [0, 0.1) is 6.92 Å². The first kappa shape index (κ1) is 22.1. The summed E-state index contributed by atoms with van der Waals surface area (Å²) in [4.78, 5) is 21.6. The summed E-state index contributed by atoms with van der Waals surface area (Å²) in [6.07, 6.45) is 4.91. The summed E-state index contributed by atoms with van der Waals surface area (Å²) in [7, 11) is 3.55. The minimum Gasteiger partial charge on any atom is -0.373 e. The normalized spacial score (nSPS) is 13.2. The van der Waals surface area contributed by atoms with Crippen molar-refractivity contribution in [2.45, 2.75) is 12.5 Å². The lowest BCUT2D eigenvalue weighted by Gasteiger charge is -2.29. The number of pyridine rings is 2. The maximum Gasteiger partial charge on any atom is 0.251 e. The summed E-state index contributed by atoms with van der Waals surface area (Å²) in [5.41, 5.74) is 3.34. The third-order valence-electron chi connectivity index (χ3n) is 6.28. The van der Waals surface area contributed by atoms with Gasteiger partial charge in [0.2, 0.25) is 0 Å². The molecule has 5 aromatic rings. The standard InChI is InChI=1S/C27H23ClN4O2/c1-17-5-4-6-18(11-17)21-13-26(33)32(3)23-14-30-24(12-22(21)23)27(34,25-15-29-16-31(25)2)19-7-9-20(28)10-8-19/h4-16,34H,1-3H3/t27-/m1/s1. The first-order chi connectivity index (χ1) is 16.3. The van der Waals surface area contributed by atoms with E-state index in [1.807, 2.05) is 44.3 Å². The van der Waals surface area contributed by atoms with Crippen molar-refractivity contribution in [3.8, 4) is 11.1 Å². The summed E-state index contributed by atoms with van der Waals surface area (Å²) >= 11 is 6.13.